The number of nitrogens with one attached hydrogen (secondary N) is 2. The predicted molar refractivity (Wildman–Crippen MR) is 74.0 cm³/mol. The van der Waals surface area contributed by atoms with Crippen molar-refractivity contribution in [2.24, 2.45) is 5.92 Å². The van der Waals surface area contributed by atoms with Crippen LogP contribution in [0.1, 0.15) is 29.7 Å². The maximum Gasteiger partial charge on any atom is 0.378 e. The fraction of sp³-hybridized carbons (Fsp3) is 0.467. The number of halogens is 2. The molecule has 2 rings (SSSR count). The maximum absolute atomic E-state index is 13.4. The largest absolute Gasteiger partial charge is 0.723 e. The van der Waals surface area contributed by atoms with E-state index in [0.717, 1.165) is 6.29 Å². The zero-order valence-electron chi connectivity index (χ0n) is 13.3. The van der Waals surface area contributed by atoms with Crippen molar-refractivity contribution in [1.82, 2.24) is 5.32 Å². The molecule has 0 radical (unpaired) electrons. The van der Waals surface area contributed by atoms with Gasteiger partial charge >= 0.3 is 12.4 Å². The monoisotopic (exact) mass is 360 g/mol. The van der Waals surface area contributed by atoms with E-state index in [9.17, 15) is 24.4 Å². The lowest BCUT2D eigenvalue weighted by Gasteiger charge is -2.16. The number of aryl methyl sites for hydroxylation is 1. The highest BCUT2D eigenvalue weighted by atomic mass is 19.3. The van der Waals surface area contributed by atoms with Gasteiger partial charge in [-0.2, -0.15) is 13.4 Å². The summed E-state index contributed by atoms with van der Waals surface area (Å²) in [6.45, 7) is 1.18. The number of hydrogen-bond acceptors (Lipinski definition) is 6. The minimum Gasteiger partial charge on any atom is -0.723 e. The Bertz CT molecular complexity index is 687. The molecule has 8 nitrogen and oxygen atoms in total. The second-order valence-electron chi connectivity index (χ2n) is 5.78. The quantitative estimate of drug-likeness (QED) is 0.238. The van der Waals surface area contributed by atoms with Crippen LogP contribution in [0.15, 0.2) is 17.5 Å². The Morgan fingerprint density at radius 1 is 1.52 bits per heavy atom. The van der Waals surface area contributed by atoms with E-state index in [-0.39, 0.29) is 37.4 Å². The number of carbonyl (C=O) groups excluding carboxylic acids is 1. The van der Waals surface area contributed by atoms with E-state index in [1.807, 2.05) is 0 Å². The molecule has 1 atom stereocenters. The van der Waals surface area contributed by atoms with Gasteiger partial charge < -0.3 is 30.9 Å². The SMILES string of the molecule is Cc1[nH+]cc(CO[O-])c(CNC2=C(C(O)(F)F)C[C@H](C=[O+][O-])C2)c1O. The van der Waals surface area contributed by atoms with Gasteiger partial charge in [-0.15, -0.1) is 0 Å². The molecular weight excluding hydrogens is 342 g/mol. The van der Waals surface area contributed by atoms with Crippen LogP contribution in [0.25, 0.3) is 0 Å². The number of aldehydes is 1. The highest BCUT2D eigenvalue weighted by Crippen LogP contribution is 2.37. The molecule has 25 heavy (non-hydrogen) atoms. The molecule has 0 bridgehead atoms. The summed E-state index contributed by atoms with van der Waals surface area (Å²) in [6.07, 6.45) is -1.89. The van der Waals surface area contributed by atoms with Crippen LogP contribution in [0.2, 0.25) is 0 Å². The van der Waals surface area contributed by atoms with E-state index in [0.29, 0.717) is 16.8 Å². The lowest BCUT2D eigenvalue weighted by atomic mass is 10.1. The Balaban J connectivity index is 2.25. The first kappa shape index (κ1) is 19.0. The maximum atomic E-state index is 13.4. The van der Waals surface area contributed by atoms with Gasteiger partial charge in [-0.3, -0.25) is 0 Å². The number of pyridine rings is 1. The van der Waals surface area contributed by atoms with Crippen LogP contribution in [-0.4, -0.2) is 22.6 Å². The molecule has 0 unspecified atom stereocenters. The predicted octanol–water partition coefficient (Wildman–Crippen LogP) is -1.34. The van der Waals surface area contributed by atoms with E-state index >= 15 is 0 Å². The van der Waals surface area contributed by atoms with Gasteiger partial charge in [-0.1, -0.05) is 0 Å². The Hall–Kier alpha value is -2.30. The summed E-state index contributed by atoms with van der Waals surface area (Å²) in [4.78, 5) is 6.58. The van der Waals surface area contributed by atoms with Crippen LogP contribution in [-0.2, 0) is 22.6 Å². The second kappa shape index (κ2) is 7.72. The molecule has 0 fully saturated rings. The Morgan fingerprint density at radius 2 is 2.24 bits per heavy atom. The molecule has 0 aliphatic heterocycles. The summed E-state index contributed by atoms with van der Waals surface area (Å²) < 4.78 is 30.4. The van der Waals surface area contributed by atoms with E-state index in [2.05, 4.69) is 19.8 Å². The molecule has 4 N–H and O–H groups in total. The van der Waals surface area contributed by atoms with Gasteiger partial charge in [0.15, 0.2) is 11.9 Å². The fourth-order valence-corrected chi connectivity index (χ4v) is 2.81. The van der Waals surface area contributed by atoms with Gasteiger partial charge in [0.05, 0.1) is 12.5 Å². The van der Waals surface area contributed by atoms with Crippen LogP contribution < -0.4 is 20.8 Å². The van der Waals surface area contributed by atoms with E-state index in [1.54, 1.807) is 6.92 Å². The minimum absolute atomic E-state index is 0.0415. The normalized spacial score (nSPS) is 18.4. The van der Waals surface area contributed by atoms with Crippen molar-refractivity contribution in [2.75, 3.05) is 0 Å². The summed E-state index contributed by atoms with van der Waals surface area (Å²) in [5, 5.41) is 42.5. The number of allylic oxidation sites excluding steroid dienone is 1. The summed E-state index contributed by atoms with van der Waals surface area (Å²) in [5.74, 6) is -0.735. The Morgan fingerprint density at radius 3 is 2.84 bits per heavy atom. The van der Waals surface area contributed by atoms with Crippen molar-refractivity contribution in [3.05, 3.63) is 34.3 Å². The summed E-state index contributed by atoms with van der Waals surface area (Å²) >= 11 is 0. The van der Waals surface area contributed by atoms with Crippen molar-refractivity contribution in [3.63, 3.8) is 0 Å². The van der Waals surface area contributed by atoms with Gasteiger partial charge in [0, 0.05) is 42.3 Å². The Labute approximate surface area is 141 Å². The highest BCUT2D eigenvalue weighted by molar-refractivity contribution is 5.57. The summed E-state index contributed by atoms with van der Waals surface area (Å²) in [7, 11) is 0. The standard InChI is InChI=1S/C15H18F2N2O6/c1-8-14(20)11(10(4-18-8)7-25-23)5-19-13-3-9(6-24-22)2-12(13)15(16,17)21/h4,6,9,19-21,23H,2-3,5,7H2,1H3/t9-/m0/s1. The van der Waals surface area contributed by atoms with Crippen molar-refractivity contribution in [2.45, 2.75) is 39.0 Å². The molecule has 1 aromatic heterocycles. The van der Waals surface area contributed by atoms with Crippen LogP contribution >= 0.6 is 0 Å². The van der Waals surface area contributed by atoms with Crippen molar-refractivity contribution < 1.29 is 44.0 Å². The molecular formula is C15H18F2N2O6. The number of aromatic nitrogens is 1. The first-order valence-corrected chi connectivity index (χ1v) is 7.43. The van der Waals surface area contributed by atoms with Gasteiger partial charge in [-0.05, 0) is 6.42 Å². The molecule has 0 saturated heterocycles. The molecule has 138 valence electrons. The number of aromatic amines is 1. The average molecular weight is 360 g/mol. The van der Waals surface area contributed by atoms with Gasteiger partial charge in [0.25, 0.3) is 0 Å². The Kier molecular flexibility index (Phi) is 5.88. The summed E-state index contributed by atoms with van der Waals surface area (Å²) in [6, 6.07) is 0. The lowest BCUT2D eigenvalue weighted by molar-refractivity contribution is -1.04. The third-order valence-corrected chi connectivity index (χ3v) is 4.09. The zero-order chi connectivity index (χ0) is 18.6. The number of aromatic hydroxyl groups is 1. The molecule has 0 aromatic carbocycles. The molecule has 1 aromatic rings. The topological polar surface area (TPSA) is 133 Å². The molecule has 1 heterocycles. The number of H-pyrrole nitrogens is 1. The van der Waals surface area contributed by atoms with Crippen LogP contribution in [0.5, 0.6) is 5.75 Å². The van der Waals surface area contributed by atoms with E-state index in [1.165, 1.54) is 6.20 Å². The number of hydrogen-bond donors (Lipinski definition) is 3. The molecule has 10 heteroatoms. The van der Waals surface area contributed by atoms with Crippen molar-refractivity contribution in [1.29, 1.82) is 0 Å². The van der Waals surface area contributed by atoms with Crippen molar-refractivity contribution >= 4 is 6.29 Å². The van der Waals surface area contributed by atoms with Gasteiger partial charge in [-0.25, -0.2) is 4.98 Å². The fourth-order valence-electron chi connectivity index (χ4n) is 2.81. The average Bonchev–Trinajstić information content (AvgIpc) is 2.94. The molecule has 1 aliphatic carbocycles. The zero-order valence-corrected chi connectivity index (χ0v) is 13.3. The number of aliphatic hydroxyl groups is 1. The van der Waals surface area contributed by atoms with Gasteiger partial charge in [0.1, 0.15) is 0 Å². The molecule has 0 saturated carbocycles. The molecule has 0 amide bonds. The molecule has 0 spiro atoms. The minimum atomic E-state index is -4.04. The third-order valence-electron chi connectivity index (χ3n) is 4.09. The summed E-state index contributed by atoms with van der Waals surface area (Å²) in [5.41, 5.74) is 0.571. The molecule has 1 aliphatic rings. The lowest BCUT2D eigenvalue weighted by Crippen LogP contribution is -2.24. The third kappa shape index (κ3) is 4.41. The first-order valence-electron chi connectivity index (χ1n) is 7.43. The van der Waals surface area contributed by atoms with Crippen LogP contribution in [0.4, 0.5) is 8.78 Å². The van der Waals surface area contributed by atoms with Crippen LogP contribution in [0, 0.1) is 12.8 Å². The van der Waals surface area contributed by atoms with Crippen LogP contribution in [0.3, 0.4) is 0 Å². The first-order chi connectivity index (χ1) is 11.8. The van der Waals surface area contributed by atoms with E-state index < -0.39 is 17.6 Å². The number of alkyl halides is 2. The van der Waals surface area contributed by atoms with Crippen molar-refractivity contribution in [3.8, 4) is 5.75 Å². The smallest absolute Gasteiger partial charge is 0.378 e. The van der Waals surface area contributed by atoms with E-state index in [4.69, 9.17) is 5.11 Å². The second-order valence-corrected chi connectivity index (χ2v) is 5.78. The highest BCUT2D eigenvalue weighted by Gasteiger charge is 2.41. The van der Waals surface area contributed by atoms with Gasteiger partial charge in [0.2, 0.25) is 5.69 Å². The number of rotatable bonds is 7.